The Morgan fingerprint density at radius 3 is 2.94 bits per heavy atom. The number of thiazole rings is 1. The van der Waals surface area contributed by atoms with Gasteiger partial charge >= 0.3 is 0 Å². The molecule has 2 heterocycles. The zero-order chi connectivity index (χ0) is 21.6. The Kier molecular flexibility index (Phi) is 6.90. The Hall–Kier alpha value is -2.82. The van der Waals surface area contributed by atoms with Crippen LogP contribution in [0.1, 0.15) is 18.4 Å². The Labute approximate surface area is 186 Å². The van der Waals surface area contributed by atoms with Gasteiger partial charge < -0.3 is 10.1 Å². The fourth-order valence-corrected chi connectivity index (χ4v) is 5.01. The van der Waals surface area contributed by atoms with E-state index in [-0.39, 0.29) is 17.7 Å². The largest absolute Gasteiger partial charge is 0.376 e. The number of nitro groups is 1. The number of aliphatic imine (C=N–C) groups is 1. The van der Waals surface area contributed by atoms with Gasteiger partial charge in [-0.25, -0.2) is 4.98 Å². The molecular weight excluding hydrogens is 436 g/mol. The first-order chi connectivity index (χ1) is 15.1. The van der Waals surface area contributed by atoms with Crippen LogP contribution >= 0.6 is 23.1 Å². The molecule has 0 aliphatic carbocycles. The molecule has 1 aromatic heterocycles. The van der Waals surface area contributed by atoms with E-state index in [4.69, 9.17) is 4.74 Å². The summed E-state index contributed by atoms with van der Waals surface area (Å²) in [6.07, 6.45) is 3.86. The Morgan fingerprint density at radius 1 is 1.35 bits per heavy atom. The summed E-state index contributed by atoms with van der Waals surface area (Å²) in [5.74, 6) is 0.297. The summed E-state index contributed by atoms with van der Waals surface area (Å²) in [6, 6.07) is 11.9. The van der Waals surface area contributed by atoms with E-state index in [9.17, 15) is 14.9 Å². The lowest BCUT2D eigenvalue weighted by Crippen LogP contribution is -2.32. The number of fused-ring (bicyclic) bond motifs is 1. The molecule has 160 valence electrons. The highest BCUT2D eigenvalue weighted by Gasteiger charge is 2.16. The van der Waals surface area contributed by atoms with Gasteiger partial charge in [0, 0.05) is 31.5 Å². The van der Waals surface area contributed by atoms with Crippen molar-refractivity contribution in [1.29, 1.82) is 0 Å². The smallest absolute Gasteiger partial charge is 0.269 e. The molecule has 3 aromatic rings. The second-order valence-corrected chi connectivity index (χ2v) is 9.22. The lowest BCUT2D eigenvalue weighted by atomic mass is 10.2. The number of benzene rings is 2. The van der Waals surface area contributed by atoms with Crippen molar-refractivity contribution >= 4 is 56.8 Å². The van der Waals surface area contributed by atoms with Gasteiger partial charge in [0.15, 0.2) is 4.34 Å². The van der Waals surface area contributed by atoms with Crippen LogP contribution in [0.2, 0.25) is 0 Å². The van der Waals surface area contributed by atoms with Crippen molar-refractivity contribution < 1.29 is 14.5 Å². The summed E-state index contributed by atoms with van der Waals surface area (Å²) in [5, 5.41) is 13.6. The molecule has 0 bridgehead atoms. The van der Waals surface area contributed by atoms with E-state index in [2.05, 4.69) is 15.3 Å². The van der Waals surface area contributed by atoms with Crippen molar-refractivity contribution in [1.82, 2.24) is 10.3 Å². The first kappa shape index (κ1) is 21.4. The van der Waals surface area contributed by atoms with E-state index in [1.165, 1.54) is 35.2 Å². The lowest BCUT2D eigenvalue weighted by Gasteiger charge is -2.09. The van der Waals surface area contributed by atoms with Crippen LogP contribution in [-0.2, 0) is 9.53 Å². The zero-order valence-electron chi connectivity index (χ0n) is 16.5. The van der Waals surface area contributed by atoms with Crippen LogP contribution < -0.4 is 5.32 Å². The monoisotopic (exact) mass is 456 g/mol. The lowest BCUT2D eigenvalue weighted by molar-refractivity contribution is -0.384. The second-order valence-electron chi connectivity index (χ2n) is 6.97. The summed E-state index contributed by atoms with van der Waals surface area (Å²) in [6.45, 7) is 1.34. The van der Waals surface area contributed by atoms with Gasteiger partial charge in [-0.3, -0.25) is 19.9 Å². The molecule has 8 nitrogen and oxygen atoms in total. The minimum absolute atomic E-state index is 0.0202. The highest BCUT2D eigenvalue weighted by Crippen LogP contribution is 2.32. The number of thioether (sulfide) groups is 1. The number of ether oxygens (including phenoxy) is 1. The number of nitrogens with zero attached hydrogens (tertiary/aromatic N) is 3. The highest BCUT2D eigenvalue weighted by molar-refractivity contribution is 8.01. The molecule has 31 heavy (non-hydrogen) atoms. The molecule has 0 radical (unpaired) electrons. The minimum Gasteiger partial charge on any atom is -0.376 e. The van der Waals surface area contributed by atoms with Crippen LogP contribution in [0.15, 0.2) is 51.8 Å². The van der Waals surface area contributed by atoms with Crippen molar-refractivity contribution in [2.75, 3.05) is 18.9 Å². The number of amides is 1. The quantitative estimate of drug-likeness (QED) is 0.234. The zero-order valence-corrected chi connectivity index (χ0v) is 18.2. The van der Waals surface area contributed by atoms with Crippen LogP contribution in [0.5, 0.6) is 0 Å². The van der Waals surface area contributed by atoms with Gasteiger partial charge in [-0.2, -0.15) is 0 Å². The summed E-state index contributed by atoms with van der Waals surface area (Å²) in [7, 11) is 0. The molecule has 1 atom stereocenters. The topological polar surface area (TPSA) is 107 Å². The summed E-state index contributed by atoms with van der Waals surface area (Å²) < 4.78 is 7.33. The van der Waals surface area contributed by atoms with Crippen molar-refractivity contribution in [2.45, 2.75) is 23.3 Å². The maximum Gasteiger partial charge on any atom is 0.269 e. The fraction of sp³-hybridized carbons (Fsp3) is 0.286. The predicted octanol–water partition coefficient (Wildman–Crippen LogP) is 4.34. The summed E-state index contributed by atoms with van der Waals surface area (Å²) in [5.41, 5.74) is 2.45. The van der Waals surface area contributed by atoms with Crippen LogP contribution in [0.25, 0.3) is 10.2 Å². The molecule has 1 N–H and O–H groups in total. The van der Waals surface area contributed by atoms with Crippen LogP contribution in [0.4, 0.5) is 11.4 Å². The van der Waals surface area contributed by atoms with Crippen molar-refractivity contribution in [2.24, 2.45) is 4.99 Å². The number of nitrogens with one attached hydrogen (secondary N) is 1. The van der Waals surface area contributed by atoms with E-state index < -0.39 is 4.92 Å². The Balaban J connectivity index is 1.34. The maximum absolute atomic E-state index is 12.1. The number of aromatic nitrogens is 1. The molecule has 10 heteroatoms. The predicted molar refractivity (Wildman–Crippen MR) is 123 cm³/mol. The molecular formula is C21H20N4O4S2. The number of carbonyl (C=O) groups excluding carboxylic acids is 1. The van der Waals surface area contributed by atoms with Gasteiger partial charge in [0.1, 0.15) is 0 Å². The molecule has 0 spiro atoms. The van der Waals surface area contributed by atoms with Gasteiger partial charge in [0.2, 0.25) is 5.91 Å². The third kappa shape index (κ3) is 5.87. The normalized spacial score (nSPS) is 16.2. The number of hydrogen-bond donors (Lipinski definition) is 1. The molecule has 0 saturated carbocycles. The average Bonchev–Trinajstić information content (AvgIpc) is 3.44. The van der Waals surface area contributed by atoms with Gasteiger partial charge in [0.05, 0.1) is 32.7 Å². The van der Waals surface area contributed by atoms with E-state index in [1.54, 1.807) is 18.3 Å². The standard InChI is InChI=1S/C21H20N4O4S2/c26-20(23-12-17-2-1-9-29-17)13-30-21-24-18-8-5-15(10-19(18)31-21)22-11-14-3-6-16(7-4-14)25(27)28/h3-8,10-11,17H,1-2,9,12-13H2,(H,23,26). The number of hydrogen-bond acceptors (Lipinski definition) is 8. The fourth-order valence-electron chi connectivity index (χ4n) is 3.08. The summed E-state index contributed by atoms with van der Waals surface area (Å²) >= 11 is 2.94. The van der Waals surface area contributed by atoms with E-state index in [0.29, 0.717) is 12.3 Å². The average molecular weight is 457 g/mol. The molecule has 1 fully saturated rings. The maximum atomic E-state index is 12.1. The molecule has 1 aliphatic heterocycles. The number of non-ortho nitro benzene ring substituents is 1. The van der Waals surface area contributed by atoms with Gasteiger partial charge in [-0.1, -0.05) is 11.8 Å². The van der Waals surface area contributed by atoms with Gasteiger partial charge in [0.25, 0.3) is 5.69 Å². The van der Waals surface area contributed by atoms with Crippen molar-refractivity contribution in [3.63, 3.8) is 0 Å². The van der Waals surface area contributed by atoms with E-state index in [1.807, 2.05) is 18.2 Å². The third-order valence-electron chi connectivity index (χ3n) is 4.70. The van der Waals surface area contributed by atoms with E-state index in [0.717, 1.165) is 45.3 Å². The summed E-state index contributed by atoms with van der Waals surface area (Å²) in [4.78, 5) is 31.4. The molecule has 2 aromatic carbocycles. The van der Waals surface area contributed by atoms with Crippen molar-refractivity contribution in [3.05, 3.63) is 58.1 Å². The van der Waals surface area contributed by atoms with Crippen LogP contribution in [0.3, 0.4) is 0 Å². The van der Waals surface area contributed by atoms with Crippen LogP contribution in [0, 0.1) is 10.1 Å². The number of carbonyl (C=O) groups is 1. The van der Waals surface area contributed by atoms with Crippen LogP contribution in [-0.4, -0.2) is 47.0 Å². The Bertz CT molecular complexity index is 1110. The molecule has 1 aliphatic rings. The number of rotatable bonds is 8. The van der Waals surface area contributed by atoms with E-state index >= 15 is 0 Å². The third-order valence-corrected chi connectivity index (χ3v) is 6.86. The SMILES string of the molecule is O=C(CSc1nc2ccc(N=Cc3ccc([N+](=O)[O-])cc3)cc2s1)NCC1CCCO1. The molecule has 1 saturated heterocycles. The molecule has 1 amide bonds. The Morgan fingerprint density at radius 2 is 2.19 bits per heavy atom. The second kappa shape index (κ2) is 9.99. The highest BCUT2D eigenvalue weighted by atomic mass is 32.2. The van der Waals surface area contributed by atoms with Gasteiger partial charge in [-0.15, -0.1) is 11.3 Å². The van der Waals surface area contributed by atoms with Crippen molar-refractivity contribution in [3.8, 4) is 0 Å². The first-order valence-corrected chi connectivity index (χ1v) is 11.6. The first-order valence-electron chi connectivity index (χ1n) is 9.77. The molecule has 1 unspecified atom stereocenters. The molecule has 4 rings (SSSR count). The minimum atomic E-state index is -0.429. The number of nitro benzene ring substituents is 1. The van der Waals surface area contributed by atoms with Gasteiger partial charge in [-0.05, 0) is 48.7 Å².